The SMILES string of the molecule is COc1ccc(Br)c(S(=O)(=O)NC(C)(C)C)c1. The minimum absolute atomic E-state index is 0.173. The van der Waals surface area contributed by atoms with Crippen LogP contribution in [0.3, 0.4) is 0 Å². The third kappa shape index (κ3) is 3.97. The van der Waals surface area contributed by atoms with Crippen molar-refractivity contribution in [1.29, 1.82) is 0 Å². The van der Waals surface area contributed by atoms with E-state index >= 15 is 0 Å². The van der Waals surface area contributed by atoms with Gasteiger partial charge in [-0.3, -0.25) is 0 Å². The normalized spacial score (nSPS) is 12.5. The summed E-state index contributed by atoms with van der Waals surface area (Å²) in [5.41, 5.74) is -0.526. The average molecular weight is 322 g/mol. The van der Waals surface area contributed by atoms with Gasteiger partial charge in [-0.25, -0.2) is 13.1 Å². The zero-order chi connectivity index (χ0) is 13.3. The Balaban J connectivity index is 3.23. The molecule has 0 fully saturated rings. The molecule has 0 aliphatic carbocycles. The van der Waals surface area contributed by atoms with Gasteiger partial charge in [0.15, 0.2) is 0 Å². The van der Waals surface area contributed by atoms with Crippen LogP contribution in [0.25, 0.3) is 0 Å². The van der Waals surface area contributed by atoms with Crippen LogP contribution < -0.4 is 9.46 Å². The van der Waals surface area contributed by atoms with E-state index in [1.807, 2.05) is 0 Å². The summed E-state index contributed by atoms with van der Waals surface area (Å²) in [6.07, 6.45) is 0. The van der Waals surface area contributed by atoms with Gasteiger partial charge in [0.1, 0.15) is 5.75 Å². The maximum atomic E-state index is 12.1. The molecule has 6 heteroatoms. The molecule has 0 spiro atoms. The number of ether oxygens (including phenoxy) is 1. The van der Waals surface area contributed by atoms with E-state index in [0.717, 1.165) is 0 Å². The summed E-state index contributed by atoms with van der Waals surface area (Å²) in [6.45, 7) is 5.37. The highest BCUT2D eigenvalue weighted by Crippen LogP contribution is 2.27. The second kappa shape index (κ2) is 4.96. The van der Waals surface area contributed by atoms with E-state index in [9.17, 15) is 8.42 Å². The summed E-state index contributed by atoms with van der Waals surface area (Å²) in [5, 5.41) is 0. The molecule has 1 aromatic carbocycles. The number of halogens is 1. The van der Waals surface area contributed by atoms with Crippen molar-refractivity contribution < 1.29 is 13.2 Å². The highest BCUT2D eigenvalue weighted by atomic mass is 79.9. The van der Waals surface area contributed by atoms with Crippen LogP contribution in [0.4, 0.5) is 0 Å². The van der Waals surface area contributed by atoms with E-state index < -0.39 is 15.6 Å². The van der Waals surface area contributed by atoms with E-state index in [4.69, 9.17) is 4.74 Å². The van der Waals surface area contributed by atoms with Crippen LogP contribution in [0.2, 0.25) is 0 Å². The third-order valence-corrected chi connectivity index (χ3v) is 4.62. The lowest BCUT2D eigenvalue weighted by Gasteiger charge is -2.21. The Bertz CT molecular complexity index is 506. The molecule has 17 heavy (non-hydrogen) atoms. The van der Waals surface area contributed by atoms with Gasteiger partial charge in [-0.1, -0.05) is 0 Å². The van der Waals surface area contributed by atoms with Gasteiger partial charge in [0.2, 0.25) is 10.0 Å². The van der Waals surface area contributed by atoms with Gasteiger partial charge in [-0.2, -0.15) is 0 Å². The molecule has 96 valence electrons. The van der Waals surface area contributed by atoms with E-state index in [0.29, 0.717) is 10.2 Å². The van der Waals surface area contributed by atoms with Gasteiger partial charge in [0, 0.05) is 16.1 Å². The number of hydrogen-bond donors (Lipinski definition) is 1. The van der Waals surface area contributed by atoms with Crippen LogP contribution in [0.15, 0.2) is 27.6 Å². The summed E-state index contributed by atoms with van der Waals surface area (Å²) in [7, 11) is -2.06. The molecule has 0 atom stereocenters. The average Bonchev–Trinajstić information content (AvgIpc) is 2.14. The van der Waals surface area contributed by atoms with Crippen LogP contribution in [-0.4, -0.2) is 21.1 Å². The number of rotatable bonds is 3. The topological polar surface area (TPSA) is 55.4 Å². The highest BCUT2D eigenvalue weighted by Gasteiger charge is 2.24. The fourth-order valence-electron chi connectivity index (χ4n) is 1.27. The van der Waals surface area contributed by atoms with Crippen molar-refractivity contribution in [2.45, 2.75) is 31.2 Å². The summed E-state index contributed by atoms with van der Waals surface area (Å²) in [4.78, 5) is 0.173. The molecule has 0 aliphatic rings. The molecule has 1 N–H and O–H groups in total. The van der Waals surface area contributed by atoms with Gasteiger partial charge in [0.05, 0.1) is 12.0 Å². The fraction of sp³-hybridized carbons (Fsp3) is 0.455. The van der Waals surface area contributed by atoms with Crippen LogP contribution >= 0.6 is 15.9 Å². The minimum Gasteiger partial charge on any atom is -0.497 e. The first-order chi connectivity index (χ1) is 7.65. The van der Waals surface area contributed by atoms with E-state index in [1.54, 1.807) is 32.9 Å². The molecule has 0 heterocycles. The Morgan fingerprint density at radius 1 is 1.29 bits per heavy atom. The molecule has 1 rings (SSSR count). The first-order valence-electron chi connectivity index (χ1n) is 5.03. The Labute approximate surface area is 111 Å². The van der Waals surface area contributed by atoms with E-state index in [1.165, 1.54) is 13.2 Å². The molecule has 1 aromatic rings. The van der Waals surface area contributed by atoms with Gasteiger partial charge in [-0.15, -0.1) is 0 Å². The summed E-state index contributed by atoms with van der Waals surface area (Å²) in [5.74, 6) is 0.502. The maximum absolute atomic E-state index is 12.1. The largest absolute Gasteiger partial charge is 0.497 e. The molecule has 4 nitrogen and oxygen atoms in total. The van der Waals surface area contributed by atoms with E-state index in [-0.39, 0.29) is 4.90 Å². The maximum Gasteiger partial charge on any atom is 0.242 e. The summed E-state index contributed by atoms with van der Waals surface area (Å²) < 4.78 is 32.4. The lowest BCUT2D eigenvalue weighted by atomic mass is 10.1. The molecule has 0 amide bonds. The first-order valence-corrected chi connectivity index (χ1v) is 7.31. The van der Waals surface area contributed by atoms with Crippen LogP contribution in [0.5, 0.6) is 5.75 Å². The third-order valence-electron chi connectivity index (χ3n) is 1.87. The van der Waals surface area contributed by atoms with Crippen molar-refractivity contribution in [1.82, 2.24) is 4.72 Å². The Kier molecular flexibility index (Phi) is 4.22. The minimum atomic E-state index is -3.56. The Morgan fingerprint density at radius 3 is 2.35 bits per heavy atom. The highest BCUT2D eigenvalue weighted by molar-refractivity contribution is 9.10. The van der Waals surface area contributed by atoms with E-state index in [2.05, 4.69) is 20.7 Å². The molecule has 0 radical (unpaired) electrons. The van der Waals surface area contributed by atoms with Crippen molar-refractivity contribution in [2.75, 3.05) is 7.11 Å². The molecule has 0 unspecified atom stereocenters. The zero-order valence-electron chi connectivity index (χ0n) is 10.2. The second-order valence-corrected chi connectivity index (χ2v) is 7.16. The molecule has 0 saturated heterocycles. The van der Waals surface area contributed by atoms with Gasteiger partial charge < -0.3 is 4.74 Å². The predicted octanol–water partition coefficient (Wildman–Crippen LogP) is 2.53. The first kappa shape index (κ1) is 14.5. The zero-order valence-corrected chi connectivity index (χ0v) is 12.6. The number of methoxy groups -OCH3 is 1. The second-order valence-electron chi connectivity index (χ2n) is 4.65. The molecule has 0 saturated carbocycles. The molecular weight excluding hydrogens is 306 g/mol. The van der Waals surface area contributed by atoms with Gasteiger partial charge in [-0.05, 0) is 48.8 Å². The molecule has 0 aliphatic heterocycles. The lowest BCUT2D eigenvalue weighted by molar-refractivity contribution is 0.413. The predicted molar refractivity (Wildman–Crippen MR) is 70.8 cm³/mol. The molecule has 0 bridgehead atoms. The Morgan fingerprint density at radius 2 is 1.88 bits per heavy atom. The Hall–Kier alpha value is -0.590. The lowest BCUT2D eigenvalue weighted by Crippen LogP contribution is -2.40. The van der Waals surface area contributed by atoms with Crippen molar-refractivity contribution in [3.05, 3.63) is 22.7 Å². The van der Waals surface area contributed by atoms with Crippen LogP contribution in [0, 0.1) is 0 Å². The number of benzene rings is 1. The number of sulfonamides is 1. The van der Waals surface area contributed by atoms with Crippen molar-refractivity contribution >= 4 is 26.0 Å². The number of hydrogen-bond acceptors (Lipinski definition) is 3. The van der Waals surface area contributed by atoms with Crippen molar-refractivity contribution in [3.63, 3.8) is 0 Å². The standard InChI is InChI=1S/C11H16BrNO3S/c1-11(2,3)13-17(14,15)10-7-8(16-4)5-6-9(10)12/h5-7,13H,1-4H3. The fourth-order valence-corrected chi connectivity index (χ4v) is 3.67. The van der Waals surface area contributed by atoms with Crippen molar-refractivity contribution in [2.24, 2.45) is 0 Å². The number of nitrogens with one attached hydrogen (secondary N) is 1. The van der Waals surface area contributed by atoms with Gasteiger partial charge in [0.25, 0.3) is 0 Å². The van der Waals surface area contributed by atoms with Gasteiger partial charge >= 0.3 is 0 Å². The quantitative estimate of drug-likeness (QED) is 0.930. The molecular formula is C11H16BrNO3S. The van der Waals surface area contributed by atoms with Crippen molar-refractivity contribution in [3.8, 4) is 5.75 Å². The monoisotopic (exact) mass is 321 g/mol. The van der Waals surface area contributed by atoms with Crippen LogP contribution in [0.1, 0.15) is 20.8 Å². The summed E-state index contributed by atoms with van der Waals surface area (Å²) >= 11 is 3.23. The van der Waals surface area contributed by atoms with Crippen LogP contribution in [-0.2, 0) is 10.0 Å². The molecule has 0 aromatic heterocycles. The summed E-state index contributed by atoms with van der Waals surface area (Å²) in [6, 6.07) is 4.83. The smallest absolute Gasteiger partial charge is 0.242 e.